The third-order valence-corrected chi connectivity index (χ3v) is 6.39. The molecule has 3 aromatic rings. The maximum Gasteiger partial charge on any atom is 0.325 e. The summed E-state index contributed by atoms with van der Waals surface area (Å²) in [5, 5.41) is 12.6. The van der Waals surface area contributed by atoms with Gasteiger partial charge in [-0.25, -0.2) is 9.78 Å². The molecule has 0 aliphatic carbocycles. The second-order valence-electron chi connectivity index (χ2n) is 7.31. The Morgan fingerprint density at radius 3 is 2.93 bits per heavy atom. The topological polar surface area (TPSA) is 102 Å². The maximum atomic E-state index is 12.8. The molecule has 1 fully saturated rings. The van der Waals surface area contributed by atoms with Gasteiger partial charge in [0.15, 0.2) is 5.65 Å². The second kappa shape index (κ2) is 6.94. The number of hydrogen-bond acceptors (Lipinski definition) is 5. The monoisotopic (exact) mass is 386 g/mol. The predicted octanol–water partition coefficient (Wildman–Crippen LogP) is 2.43. The van der Waals surface area contributed by atoms with E-state index in [1.165, 1.54) is 4.88 Å². The molecule has 0 bridgehead atoms. The van der Waals surface area contributed by atoms with Crippen LogP contribution in [0.3, 0.4) is 0 Å². The second-order valence-corrected chi connectivity index (χ2v) is 8.25. The van der Waals surface area contributed by atoms with Crippen LogP contribution in [0.15, 0.2) is 28.5 Å². The first-order valence-electron chi connectivity index (χ1n) is 9.06. The first kappa shape index (κ1) is 17.9. The van der Waals surface area contributed by atoms with Gasteiger partial charge in [-0.15, -0.1) is 11.3 Å². The molecular weight excluding hydrogens is 364 g/mol. The van der Waals surface area contributed by atoms with Crippen LogP contribution in [-0.2, 0) is 0 Å². The Balaban J connectivity index is 1.53. The molecule has 0 spiro atoms. The number of β-amino-alcohol motifs (C(OH)–C–C–N with tert-alkyl or cyclic N) is 1. The number of thiophene rings is 1. The van der Waals surface area contributed by atoms with Crippen LogP contribution in [0.5, 0.6) is 0 Å². The van der Waals surface area contributed by atoms with Crippen molar-refractivity contribution < 1.29 is 9.90 Å². The third kappa shape index (κ3) is 3.30. The van der Waals surface area contributed by atoms with Crippen molar-refractivity contribution in [1.29, 1.82) is 0 Å². The van der Waals surface area contributed by atoms with Gasteiger partial charge in [-0.3, -0.25) is 9.78 Å². The van der Waals surface area contributed by atoms with E-state index in [1.54, 1.807) is 22.4 Å². The highest BCUT2D eigenvalue weighted by atomic mass is 32.1. The fourth-order valence-electron chi connectivity index (χ4n) is 3.69. The molecule has 8 heteroatoms. The number of aromatic nitrogens is 3. The lowest BCUT2D eigenvalue weighted by Crippen LogP contribution is -2.45. The van der Waals surface area contributed by atoms with E-state index in [0.29, 0.717) is 35.6 Å². The van der Waals surface area contributed by atoms with Gasteiger partial charge < -0.3 is 15.0 Å². The van der Waals surface area contributed by atoms with Crippen LogP contribution in [0.1, 0.15) is 52.9 Å². The molecule has 3 aromatic heterocycles. The average molecular weight is 386 g/mol. The highest BCUT2D eigenvalue weighted by molar-refractivity contribution is 7.10. The zero-order valence-corrected chi connectivity index (χ0v) is 16.0. The lowest BCUT2D eigenvalue weighted by Gasteiger charge is -2.36. The van der Waals surface area contributed by atoms with Gasteiger partial charge in [-0.05, 0) is 30.0 Å². The number of aromatic amines is 2. The minimum absolute atomic E-state index is 0.0365. The van der Waals surface area contributed by atoms with Gasteiger partial charge in [0.25, 0.3) is 5.91 Å². The van der Waals surface area contributed by atoms with E-state index >= 15 is 0 Å². The minimum Gasteiger partial charge on any atom is -0.391 e. The van der Waals surface area contributed by atoms with Crippen LogP contribution in [0, 0.1) is 0 Å². The van der Waals surface area contributed by atoms with Crippen LogP contribution >= 0.6 is 11.3 Å². The van der Waals surface area contributed by atoms with Crippen molar-refractivity contribution in [3.8, 4) is 0 Å². The number of H-pyrrole nitrogens is 2. The summed E-state index contributed by atoms with van der Waals surface area (Å²) in [6.45, 7) is 5.05. The Bertz CT molecular complexity index is 1030. The molecule has 1 aliphatic rings. The number of carbonyl (C=O) groups excluding carboxylic acids is 1. The molecule has 1 saturated heterocycles. The number of hydrogen-bond donors (Lipinski definition) is 3. The van der Waals surface area contributed by atoms with Gasteiger partial charge >= 0.3 is 5.69 Å². The molecule has 4 heterocycles. The molecule has 0 aromatic carbocycles. The van der Waals surface area contributed by atoms with Gasteiger partial charge in [0.05, 0.1) is 17.2 Å². The van der Waals surface area contributed by atoms with Crippen molar-refractivity contribution in [2.75, 3.05) is 13.1 Å². The Hall–Kier alpha value is -2.45. The van der Waals surface area contributed by atoms with Crippen molar-refractivity contribution in [2.24, 2.45) is 0 Å². The summed E-state index contributed by atoms with van der Waals surface area (Å²) in [5.74, 6) is 0.204. The molecule has 27 heavy (non-hydrogen) atoms. The highest BCUT2D eigenvalue weighted by Crippen LogP contribution is 2.32. The molecule has 4 rings (SSSR count). The molecule has 0 radical (unpaired) electrons. The molecule has 1 amide bonds. The zero-order chi connectivity index (χ0) is 19.1. The molecule has 3 N–H and O–H groups in total. The standard InChI is InChI=1S/C19H22N4O3S/c1-10(2)15-7-11(9-27-15)18(25)23-6-4-12(14(24)8-23)13-3-5-20-17-16(13)21-19(26)22-17/h3,5,7,9-10,12,14,24H,4,6,8H2,1-2H3,(H2,20,21,22,26). The minimum atomic E-state index is -0.699. The van der Waals surface area contributed by atoms with E-state index in [4.69, 9.17) is 0 Å². The highest BCUT2D eigenvalue weighted by Gasteiger charge is 2.33. The van der Waals surface area contributed by atoms with E-state index in [-0.39, 0.29) is 24.1 Å². The van der Waals surface area contributed by atoms with Crippen LogP contribution in [0.2, 0.25) is 0 Å². The largest absolute Gasteiger partial charge is 0.391 e. The summed E-state index contributed by atoms with van der Waals surface area (Å²) < 4.78 is 0. The van der Waals surface area contributed by atoms with Crippen molar-refractivity contribution in [3.63, 3.8) is 0 Å². The number of nitrogens with zero attached hydrogens (tertiary/aromatic N) is 2. The molecule has 7 nitrogen and oxygen atoms in total. The molecular formula is C19H22N4O3S. The summed E-state index contributed by atoms with van der Waals surface area (Å²) in [6.07, 6.45) is 1.56. The summed E-state index contributed by atoms with van der Waals surface area (Å²) >= 11 is 1.60. The van der Waals surface area contributed by atoms with Crippen molar-refractivity contribution in [3.05, 3.63) is 50.2 Å². The lowest BCUT2D eigenvalue weighted by molar-refractivity contribution is 0.0384. The number of rotatable bonds is 3. The number of nitrogens with one attached hydrogen (secondary N) is 2. The van der Waals surface area contributed by atoms with Crippen molar-refractivity contribution >= 4 is 28.4 Å². The average Bonchev–Trinajstić information content (AvgIpc) is 3.26. The Morgan fingerprint density at radius 2 is 2.22 bits per heavy atom. The smallest absolute Gasteiger partial charge is 0.325 e. The van der Waals surface area contributed by atoms with Gasteiger partial charge in [-0.1, -0.05) is 13.8 Å². The summed E-state index contributed by atoms with van der Waals surface area (Å²) in [4.78, 5) is 36.8. The number of carbonyl (C=O) groups is 1. The quantitative estimate of drug-likeness (QED) is 0.643. The molecule has 142 valence electrons. The SMILES string of the molecule is CC(C)c1cc(C(=O)N2CCC(c3ccnc4[nH]c(=O)[nH]c34)C(O)C2)cs1. The molecule has 0 saturated carbocycles. The lowest BCUT2D eigenvalue weighted by atomic mass is 9.87. The summed E-state index contributed by atoms with van der Waals surface area (Å²) in [6, 6.07) is 3.78. The fraction of sp³-hybridized carbons (Fsp3) is 0.421. The predicted molar refractivity (Wildman–Crippen MR) is 104 cm³/mol. The van der Waals surface area contributed by atoms with Crippen molar-refractivity contribution in [1.82, 2.24) is 19.9 Å². The summed E-state index contributed by atoms with van der Waals surface area (Å²) in [5.41, 5.74) is 2.35. The number of imidazole rings is 1. The normalized spacial score (nSPS) is 20.5. The summed E-state index contributed by atoms with van der Waals surface area (Å²) in [7, 11) is 0. The molecule has 2 unspecified atom stereocenters. The number of piperidine rings is 1. The number of likely N-dealkylation sites (tertiary alicyclic amines) is 1. The number of aliphatic hydroxyl groups is 1. The van der Waals surface area contributed by atoms with Gasteiger partial charge in [-0.2, -0.15) is 0 Å². The Morgan fingerprint density at radius 1 is 1.41 bits per heavy atom. The number of aliphatic hydroxyl groups excluding tert-OH is 1. The van der Waals surface area contributed by atoms with E-state index < -0.39 is 6.10 Å². The fourth-order valence-corrected chi connectivity index (χ4v) is 4.59. The van der Waals surface area contributed by atoms with Gasteiger partial charge in [0, 0.05) is 35.5 Å². The van der Waals surface area contributed by atoms with E-state index in [1.807, 2.05) is 17.5 Å². The van der Waals surface area contributed by atoms with E-state index in [9.17, 15) is 14.7 Å². The third-order valence-electron chi connectivity index (χ3n) is 5.16. The van der Waals surface area contributed by atoms with E-state index in [0.717, 1.165) is 5.56 Å². The zero-order valence-electron chi connectivity index (χ0n) is 15.2. The first-order chi connectivity index (χ1) is 12.9. The van der Waals surface area contributed by atoms with Gasteiger partial charge in [0.2, 0.25) is 0 Å². The molecule has 2 atom stereocenters. The Kier molecular flexibility index (Phi) is 4.61. The number of fused-ring (bicyclic) bond motifs is 1. The number of amides is 1. The van der Waals surface area contributed by atoms with Gasteiger partial charge in [0.1, 0.15) is 0 Å². The van der Waals surface area contributed by atoms with E-state index in [2.05, 4.69) is 28.8 Å². The van der Waals surface area contributed by atoms with Crippen LogP contribution < -0.4 is 5.69 Å². The first-order valence-corrected chi connectivity index (χ1v) is 9.94. The maximum absolute atomic E-state index is 12.8. The molecule has 1 aliphatic heterocycles. The van der Waals surface area contributed by atoms with Crippen LogP contribution in [0.25, 0.3) is 11.2 Å². The van der Waals surface area contributed by atoms with Crippen molar-refractivity contribution in [2.45, 2.75) is 38.2 Å². The van der Waals surface area contributed by atoms with Crippen LogP contribution in [-0.4, -0.2) is 50.1 Å². The van der Waals surface area contributed by atoms with Crippen LogP contribution in [0.4, 0.5) is 0 Å². The number of pyridine rings is 1. The Labute approximate surface area is 160 Å².